The van der Waals surface area contributed by atoms with Crippen molar-refractivity contribution in [3.63, 3.8) is 0 Å². The summed E-state index contributed by atoms with van der Waals surface area (Å²) in [5, 5.41) is 30.3. The van der Waals surface area contributed by atoms with Crippen LogP contribution in [0.5, 0.6) is 5.75 Å². The van der Waals surface area contributed by atoms with Crippen molar-refractivity contribution in [1.29, 1.82) is 0 Å². The first kappa shape index (κ1) is 28.8. The summed E-state index contributed by atoms with van der Waals surface area (Å²) in [6.45, 7) is 1.42. The van der Waals surface area contributed by atoms with Crippen LogP contribution in [0, 0.1) is 6.92 Å². The van der Waals surface area contributed by atoms with Gasteiger partial charge in [-0.25, -0.2) is 22.9 Å². The first-order chi connectivity index (χ1) is 19.4. The lowest BCUT2D eigenvalue weighted by atomic mass is 10.1. The van der Waals surface area contributed by atoms with Crippen LogP contribution in [0.1, 0.15) is 49.1 Å². The van der Waals surface area contributed by atoms with Gasteiger partial charge in [0.25, 0.3) is 11.8 Å². The molecule has 0 saturated heterocycles. The van der Waals surface area contributed by atoms with Crippen molar-refractivity contribution >= 4 is 44.8 Å². The number of para-hydroxylation sites is 1. The number of oxazole rings is 1. The molecule has 4 aromatic rings. The molecule has 2 aromatic heterocycles. The molecule has 5 N–H and O–H groups in total. The average Bonchev–Trinajstić information content (AvgIpc) is 3.37. The Balaban J connectivity index is 1.45. The Morgan fingerprint density at radius 2 is 1.80 bits per heavy atom. The van der Waals surface area contributed by atoms with Crippen molar-refractivity contribution in [2.75, 3.05) is 0 Å². The number of benzene rings is 2. The van der Waals surface area contributed by atoms with E-state index in [9.17, 15) is 37.8 Å². The molecule has 0 spiro atoms. The minimum absolute atomic E-state index is 0.0437. The van der Waals surface area contributed by atoms with E-state index >= 15 is 0 Å². The van der Waals surface area contributed by atoms with Crippen LogP contribution in [0.25, 0.3) is 11.1 Å². The summed E-state index contributed by atoms with van der Waals surface area (Å²) >= 11 is 0. The molecular weight excluding hydrogens is 560 g/mol. The Morgan fingerprint density at radius 1 is 1.05 bits per heavy atom. The molecule has 1 atom stereocenters. The number of carboxylic acids is 2. The maximum atomic E-state index is 13.0. The number of nitrogens with one attached hydrogen (secondary N) is 2. The van der Waals surface area contributed by atoms with E-state index in [0.29, 0.717) is 11.1 Å². The van der Waals surface area contributed by atoms with E-state index in [1.54, 1.807) is 25.1 Å². The van der Waals surface area contributed by atoms with Gasteiger partial charge in [-0.2, -0.15) is 0 Å². The molecule has 0 aliphatic carbocycles. The zero-order valence-electron chi connectivity index (χ0n) is 21.2. The van der Waals surface area contributed by atoms with Gasteiger partial charge in [0.1, 0.15) is 22.9 Å². The molecule has 41 heavy (non-hydrogen) atoms. The molecule has 2 aromatic carbocycles. The molecule has 4 rings (SSSR count). The highest BCUT2D eigenvalue weighted by Gasteiger charge is 2.29. The Morgan fingerprint density at radius 3 is 2.44 bits per heavy atom. The average molecular weight is 583 g/mol. The van der Waals surface area contributed by atoms with Gasteiger partial charge >= 0.3 is 11.9 Å². The maximum absolute atomic E-state index is 13.0. The fourth-order valence-corrected chi connectivity index (χ4v) is 4.76. The number of Topliss-reactive ketones (excluding diaryl/α,β-unsaturated/α-hetero) is 1. The second kappa shape index (κ2) is 11.5. The van der Waals surface area contributed by atoms with Gasteiger partial charge in [-0.15, -0.1) is 0 Å². The minimum Gasteiger partial charge on any atom is -0.507 e. The smallest absolute Gasteiger partial charge is 0.339 e. The molecule has 0 aliphatic rings. The zero-order chi connectivity index (χ0) is 29.9. The molecule has 0 bridgehead atoms. The fraction of sp³-hybridized carbons (Fsp3) is 0.154. The van der Waals surface area contributed by atoms with Gasteiger partial charge in [0.2, 0.25) is 15.8 Å². The minimum atomic E-state index is -4.19. The van der Waals surface area contributed by atoms with Gasteiger partial charge < -0.3 is 25.1 Å². The SMILES string of the molecule is Cc1cccc2nc(C(=O)[C@H](CC(=O)O)NC(=O)c3ccc(CNS(=O)(=O)c4ccc(O)c(C(=O)O)c4)nc3)oc12. The topological polar surface area (TPSA) is 226 Å². The molecule has 212 valence electrons. The van der Waals surface area contributed by atoms with E-state index in [1.165, 1.54) is 12.1 Å². The lowest BCUT2D eigenvalue weighted by molar-refractivity contribution is -0.137. The van der Waals surface area contributed by atoms with Crippen LogP contribution in [-0.4, -0.2) is 63.4 Å². The Kier molecular flexibility index (Phi) is 8.11. The number of carbonyl (C=O) groups is 4. The third kappa shape index (κ3) is 6.54. The molecule has 0 unspecified atom stereocenters. The van der Waals surface area contributed by atoms with Crippen molar-refractivity contribution in [2.24, 2.45) is 0 Å². The number of aromatic nitrogens is 2. The second-order valence-electron chi connectivity index (χ2n) is 8.78. The van der Waals surface area contributed by atoms with Crippen molar-refractivity contribution in [3.05, 3.63) is 83.0 Å². The van der Waals surface area contributed by atoms with Crippen LogP contribution in [-0.2, 0) is 21.4 Å². The van der Waals surface area contributed by atoms with Crippen LogP contribution in [0.2, 0.25) is 0 Å². The first-order valence-electron chi connectivity index (χ1n) is 11.8. The van der Waals surface area contributed by atoms with Crippen molar-refractivity contribution in [3.8, 4) is 5.75 Å². The van der Waals surface area contributed by atoms with Crippen molar-refractivity contribution < 1.29 is 47.3 Å². The molecule has 0 radical (unpaired) electrons. The van der Waals surface area contributed by atoms with Crippen LogP contribution < -0.4 is 10.0 Å². The van der Waals surface area contributed by atoms with Crippen LogP contribution in [0.3, 0.4) is 0 Å². The number of carboxylic acid groups (broad SMARTS) is 2. The molecule has 0 saturated carbocycles. The number of rotatable bonds is 11. The summed E-state index contributed by atoms with van der Waals surface area (Å²) in [6, 6.07) is 8.99. The quantitative estimate of drug-likeness (QED) is 0.160. The summed E-state index contributed by atoms with van der Waals surface area (Å²) in [7, 11) is -4.19. The summed E-state index contributed by atoms with van der Waals surface area (Å²) in [4.78, 5) is 56.1. The molecule has 0 aliphatic heterocycles. The predicted molar refractivity (Wildman–Crippen MR) is 140 cm³/mol. The number of sulfonamides is 1. The Bertz CT molecular complexity index is 1780. The van der Waals surface area contributed by atoms with Gasteiger partial charge in [-0.3, -0.25) is 19.4 Å². The highest BCUT2D eigenvalue weighted by atomic mass is 32.2. The number of hydrogen-bond acceptors (Lipinski definition) is 10. The van der Waals surface area contributed by atoms with E-state index in [2.05, 4.69) is 20.0 Å². The summed E-state index contributed by atoms with van der Waals surface area (Å²) in [5.74, 6) is -5.46. The van der Waals surface area contributed by atoms with Crippen LogP contribution >= 0.6 is 0 Å². The third-order valence-electron chi connectivity index (χ3n) is 5.86. The number of phenols is 1. The maximum Gasteiger partial charge on any atom is 0.339 e. The Labute approximate surface area is 231 Å². The predicted octanol–water partition coefficient (Wildman–Crippen LogP) is 1.87. The highest BCUT2D eigenvalue weighted by Crippen LogP contribution is 2.22. The number of aryl methyl sites for hydroxylation is 1. The van der Waals surface area contributed by atoms with Gasteiger partial charge in [-0.1, -0.05) is 12.1 Å². The van der Waals surface area contributed by atoms with E-state index in [1.807, 2.05) is 0 Å². The number of pyridine rings is 1. The number of aromatic hydroxyl groups is 1. The van der Waals surface area contributed by atoms with Gasteiger partial charge in [0, 0.05) is 6.20 Å². The number of fused-ring (bicyclic) bond motifs is 1. The molecule has 2 heterocycles. The van der Waals surface area contributed by atoms with E-state index in [4.69, 9.17) is 9.52 Å². The van der Waals surface area contributed by atoms with Gasteiger partial charge in [0.05, 0.1) is 29.1 Å². The lowest BCUT2D eigenvalue weighted by Gasteiger charge is -2.14. The van der Waals surface area contributed by atoms with Gasteiger partial charge in [-0.05, 0) is 48.9 Å². The largest absolute Gasteiger partial charge is 0.507 e. The Hall–Kier alpha value is -5.15. The number of hydrogen-bond donors (Lipinski definition) is 5. The van der Waals surface area contributed by atoms with E-state index in [0.717, 1.165) is 30.0 Å². The molecule has 14 nitrogen and oxygen atoms in total. The van der Waals surface area contributed by atoms with E-state index < -0.39 is 62.3 Å². The second-order valence-corrected chi connectivity index (χ2v) is 10.5. The fourth-order valence-electron chi connectivity index (χ4n) is 3.74. The number of carbonyl (C=O) groups excluding carboxylic acids is 2. The number of amides is 1. The van der Waals surface area contributed by atoms with Gasteiger partial charge in [0.15, 0.2) is 5.58 Å². The number of ketones is 1. The summed E-state index contributed by atoms with van der Waals surface area (Å²) < 4.78 is 32.9. The molecule has 0 fully saturated rings. The first-order valence-corrected chi connectivity index (χ1v) is 13.3. The summed E-state index contributed by atoms with van der Waals surface area (Å²) in [5.41, 5.74) is 1.03. The zero-order valence-corrected chi connectivity index (χ0v) is 22.0. The highest BCUT2D eigenvalue weighted by molar-refractivity contribution is 7.89. The molecular formula is C26H22N4O10S. The number of aromatic carboxylic acids is 1. The monoisotopic (exact) mass is 582 g/mol. The third-order valence-corrected chi connectivity index (χ3v) is 7.26. The molecule has 15 heteroatoms. The standard InChI is InChI=1S/C26H22N4O10S/c1-13-3-2-4-18-23(13)40-25(30-18)22(34)19(10-21(32)33)29-24(35)14-5-6-15(27-11-14)12-28-41(38,39)16-7-8-20(31)17(9-16)26(36)37/h2-9,11,19,28,31H,10,12H2,1H3,(H,29,35)(H,32,33)(H,36,37)/t19-/m0/s1. The number of nitrogens with zero attached hydrogens (tertiary/aromatic N) is 2. The van der Waals surface area contributed by atoms with Crippen LogP contribution in [0.4, 0.5) is 0 Å². The number of aliphatic carboxylic acids is 1. The van der Waals surface area contributed by atoms with Crippen molar-refractivity contribution in [1.82, 2.24) is 20.0 Å². The van der Waals surface area contributed by atoms with Crippen LogP contribution in [0.15, 0.2) is 64.0 Å². The van der Waals surface area contributed by atoms with Crippen molar-refractivity contribution in [2.45, 2.75) is 30.8 Å². The normalized spacial score (nSPS) is 12.1. The summed E-state index contributed by atoms with van der Waals surface area (Å²) in [6.07, 6.45) is 0.365. The lowest BCUT2D eigenvalue weighted by Crippen LogP contribution is -2.42. The van der Waals surface area contributed by atoms with E-state index in [-0.39, 0.29) is 23.7 Å². The molecule has 1 amide bonds.